The molecule has 4 rings (SSSR count). The number of pyridine rings is 1. The van der Waals surface area contributed by atoms with Gasteiger partial charge in [-0.2, -0.15) is 5.10 Å². The standard InChI is InChI=1S/C19H21N5O/c1-13-17-10-16(11-21-18(17)23-22-13)19(25)20-7-9-24-8-6-14-4-2-3-5-15(14)12-24/h2-5,10-11H,6-9,12H2,1H3,(H,20,25)(H,21,22,23). The summed E-state index contributed by atoms with van der Waals surface area (Å²) in [6, 6.07) is 10.4. The van der Waals surface area contributed by atoms with E-state index in [0.717, 1.165) is 37.1 Å². The van der Waals surface area contributed by atoms with Gasteiger partial charge in [0.05, 0.1) is 5.56 Å². The number of nitrogens with one attached hydrogen (secondary N) is 2. The third-order valence-corrected chi connectivity index (χ3v) is 4.79. The van der Waals surface area contributed by atoms with Gasteiger partial charge in [0, 0.05) is 43.5 Å². The molecule has 0 saturated heterocycles. The largest absolute Gasteiger partial charge is 0.351 e. The Labute approximate surface area is 146 Å². The molecule has 2 aromatic heterocycles. The van der Waals surface area contributed by atoms with Gasteiger partial charge in [0.15, 0.2) is 5.65 Å². The molecule has 0 atom stereocenters. The molecule has 2 N–H and O–H groups in total. The summed E-state index contributed by atoms with van der Waals surface area (Å²) >= 11 is 0. The summed E-state index contributed by atoms with van der Waals surface area (Å²) < 4.78 is 0. The molecular formula is C19H21N5O. The highest BCUT2D eigenvalue weighted by molar-refractivity contribution is 5.97. The Morgan fingerprint density at radius 2 is 2.16 bits per heavy atom. The summed E-state index contributed by atoms with van der Waals surface area (Å²) in [4.78, 5) is 19.0. The fourth-order valence-electron chi connectivity index (χ4n) is 3.32. The van der Waals surface area contributed by atoms with Crippen LogP contribution in [0.4, 0.5) is 0 Å². The van der Waals surface area contributed by atoms with Gasteiger partial charge < -0.3 is 5.32 Å². The van der Waals surface area contributed by atoms with Gasteiger partial charge in [-0.3, -0.25) is 14.8 Å². The molecule has 1 aromatic carbocycles. The molecule has 3 aromatic rings. The highest BCUT2D eigenvalue weighted by Gasteiger charge is 2.16. The number of hydrogen-bond donors (Lipinski definition) is 2. The fourth-order valence-corrected chi connectivity index (χ4v) is 3.32. The molecule has 0 spiro atoms. The Balaban J connectivity index is 1.34. The quantitative estimate of drug-likeness (QED) is 0.765. The normalized spacial score (nSPS) is 14.4. The molecule has 3 heterocycles. The zero-order chi connectivity index (χ0) is 17.2. The van der Waals surface area contributed by atoms with E-state index in [1.165, 1.54) is 11.1 Å². The van der Waals surface area contributed by atoms with Gasteiger partial charge in [-0.25, -0.2) is 4.98 Å². The molecule has 128 valence electrons. The Kier molecular flexibility index (Phi) is 4.19. The number of carbonyl (C=O) groups excluding carboxylic acids is 1. The number of fused-ring (bicyclic) bond motifs is 2. The number of hydrogen-bond acceptors (Lipinski definition) is 4. The lowest BCUT2D eigenvalue weighted by atomic mass is 10.00. The fraction of sp³-hybridized carbons (Fsp3) is 0.316. The van der Waals surface area contributed by atoms with Crippen molar-refractivity contribution in [1.29, 1.82) is 0 Å². The number of carbonyl (C=O) groups is 1. The van der Waals surface area contributed by atoms with Crippen LogP contribution in [0, 0.1) is 6.92 Å². The van der Waals surface area contributed by atoms with Crippen molar-refractivity contribution in [3.63, 3.8) is 0 Å². The average Bonchev–Trinajstić information content (AvgIpc) is 3.02. The molecule has 1 aliphatic rings. The second kappa shape index (κ2) is 6.64. The van der Waals surface area contributed by atoms with Crippen LogP contribution in [0.15, 0.2) is 36.5 Å². The summed E-state index contributed by atoms with van der Waals surface area (Å²) in [5.41, 5.74) is 4.97. The van der Waals surface area contributed by atoms with Gasteiger partial charge in [0.2, 0.25) is 0 Å². The Morgan fingerprint density at radius 1 is 1.32 bits per heavy atom. The summed E-state index contributed by atoms with van der Waals surface area (Å²) in [5.74, 6) is -0.0904. The average molecular weight is 335 g/mol. The first-order valence-electron chi connectivity index (χ1n) is 8.59. The Morgan fingerprint density at radius 3 is 3.04 bits per heavy atom. The van der Waals surface area contributed by atoms with Gasteiger partial charge in [0.1, 0.15) is 0 Å². The number of nitrogens with zero attached hydrogens (tertiary/aromatic N) is 3. The molecule has 1 aliphatic heterocycles. The highest BCUT2D eigenvalue weighted by Crippen LogP contribution is 2.18. The molecule has 0 saturated carbocycles. The third-order valence-electron chi connectivity index (χ3n) is 4.79. The van der Waals surface area contributed by atoms with Crippen molar-refractivity contribution >= 4 is 16.9 Å². The lowest BCUT2D eigenvalue weighted by molar-refractivity contribution is 0.0947. The zero-order valence-electron chi connectivity index (χ0n) is 14.2. The van der Waals surface area contributed by atoms with Crippen molar-refractivity contribution in [2.75, 3.05) is 19.6 Å². The summed E-state index contributed by atoms with van der Waals surface area (Å²) in [5, 5.41) is 10.9. The number of amides is 1. The predicted octanol–water partition coefficient (Wildman–Crippen LogP) is 2.05. The Hall–Kier alpha value is -2.73. The molecule has 25 heavy (non-hydrogen) atoms. The maximum Gasteiger partial charge on any atom is 0.252 e. The van der Waals surface area contributed by atoms with Crippen molar-refractivity contribution in [2.45, 2.75) is 19.9 Å². The van der Waals surface area contributed by atoms with Gasteiger partial charge in [-0.05, 0) is 30.5 Å². The van der Waals surface area contributed by atoms with E-state index in [1.807, 2.05) is 13.0 Å². The van der Waals surface area contributed by atoms with E-state index in [-0.39, 0.29) is 5.91 Å². The summed E-state index contributed by atoms with van der Waals surface area (Å²) in [6.45, 7) is 5.39. The van der Waals surface area contributed by atoms with E-state index in [2.05, 4.69) is 49.7 Å². The van der Waals surface area contributed by atoms with E-state index in [1.54, 1.807) is 6.20 Å². The lowest BCUT2D eigenvalue weighted by Gasteiger charge is -2.28. The van der Waals surface area contributed by atoms with Gasteiger partial charge in [-0.1, -0.05) is 24.3 Å². The molecule has 0 radical (unpaired) electrons. The molecule has 1 amide bonds. The lowest BCUT2D eigenvalue weighted by Crippen LogP contribution is -2.37. The van der Waals surface area contributed by atoms with Crippen molar-refractivity contribution in [3.05, 3.63) is 58.9 Å². The van der Waals surface area contributed by atoms with Crippen LogP contribution in [0.2, 0.25) is 0 Å². The second-order valence-corrected chi connectivity index (χ2v) is 6.49. The monoisotopic (exact) mass is 335 g/mol. The molecule has 0 aliphatic carbocycles. The molecule has 6 heteroatoms. The van der Waals surface area contributed by atoms with Crippen molar-refractivity contribution < 1.29 is 4.79 Å². The topological polar surface area (TPSA) is 73.9 Å². The maximum atomic E-state index is 12.4. The molecule has 0 fully saturated rings. The summed E-state index contributed by atoms with van der Waals surface area (Å²) in [7, 11) is 0. The van der Waals surface area contributed by atoms with Crippen LogP contribution < -0.4 is 5.32 Å². The van der Waals surface area contributed by atoms with Crippen molar-refractivity contribution in [1.82, 2.24) is 25.4 Å². The summed E-state index contributed by atoms with van der Waals surface area (Å²) in [6.07, 6.45) is 2.65. The van der Waals surface area contributed by atoms with Gasteiger partial charge >= 0.3 is 0 Å². The van der Waals surface area contributed by atoms with Crippen LogP contribution in [0.5, 0.6) is 0 Å². The van der Waals surface area contributed by atoms with Crippen molar-refractivity contribution in [2.24, 2.45) is 0 Å². The number of benzene rings is 1. The van der Waals surface area contributed by atoms with Crippen LogP contribution >= 0.6 is 0 Å². The van der Waals surface area contributed by atoms with Crippen LogP contribution in [0.25, 0.3) is 11.0 Å². The zero-order valence-corrected chi connectivity index (χ0v) is 14.2. The van der Waals surface area contributed by atoms with Crippen LogP contribution in [0.3, 0.4) is 0 Å². The third kappa shape index (κ3) is 3.25. The van der Waals surface area contributed by atoms with Crippen molar-refractivity contribution in [3.8, 4) is 0 Å². The minimum atomic E-state index is -0.0904. The first-order valence-corrected chi connectivity index (χ1v) is 8.59. The van der Waals surface area contributed by atoms with Crippen LogP contribution in [-0.2, 0) is 13.0 Å². The smallest absolute Gasteiger partial charge is 0.252 e. The minimum absolute atomic E-state index is 0.0904. The van der Waals surface area contributed by atoms with E-state index in [4.69, 9.17) is 0 Å². The number of aryl methyl sites for hydroxylation is 1. The molecule has 0 unspecified atom stereocenters. The predicted molar refractivity (Wildman–Crippen MR) is 96.4 cm³/mol. The van der Waals surface area contributed by atoms with E-state index in [0.29, 0.717) is 17.8 Å². The second-order valence-electron chi connectivity index (χ2n) is 6.49. The van der Waals surface area contributed by atoms with E-state index in [9.17, 15) is 4.79 Å². The van der Waals surface area contributed by atoms with Crippen LogP contribution in [0.1, 0.15) is 27.2 Å². The number of rotatable bonds is 4. The number of H-pyrrole nitrogens is 1. The van der Waals surface area contributed by atoms with E-state index < -0.39 is 0 Å². The highest BCUT2D eigenvalue weighted by atomic mass is 16.1. The molecular weight excluding hydrogens is 314 g/mol. The van der Waals surface area contributed by atoms with Gasteiger partial charge in [-0.15, -0.1) is 0 Å². The first-order chi connectivity index (χ1) is 12.2. The Bertz CT molecular complexity index is 917. The first kappa shape index (κ1) is 15.8. The maximum absolute atomic E-state index is 12.4. The van der Waals surface area contributed by atoms with Crippen LogP contribution in [-0.4, -0.2) is 45.6 Å². The number of aromatic nitrogens is 3. The molecule has 6 nitrogen and oxygen atoms in total. The van der Waals surface area contributed by atoms with E-state index >= 15 is 0 Å². The number of aromatic amines is 1. The SMILES string of the molecule is Cc1[nH]nc2ncc(C(=O)NCCN3CCc4ccccc4C3)cc12. The molecule has 0 bridgehead atoms. The van der Waals surface area contributed by atoms with Gasteiger partial charge in [0.25, 0.3) is 5.91 Å². The minimum Gasteiger partial charge on any atom is -0.351 e.